The Balaban J connectivity index is 2.40. The summed E-state index contributed by atoms with van der Waals surface area (Å²) in [6, 6.07) is 3.08. The molecular formula is C15H22FN3O. The van der Waals surface area contributed by atoms with E-state index in [1.807, 2.05) is 38.9 Å². The molecule has 4 nitrogen and oxygen atoms in total. The highest BCUT2D eigenvalue weighted by atomic mass is 19.1. The van der Waals surface area contributed by atoms with E-state index in [-0.39, 0.29) is 17.8 Å². The fourth-order valence-electron chi connectivity index (χ4n) is 2.57. The van der Waals surface area contributed by atoms with Crippen molar-refractivity contribution >= 4 is 11.6 Å². The van der Waals surface area contributed by atoms with Crippen LogP contribution in [0.5, 0.6) is 0 Å². The van der Waals surface area contributed by atoms with Crippen molar-refractivity contribution in [2.24, 2.45) is 5.73 Å². The van der Waals surface area contributed by atoms with Crippen molar-refractivity contribution in [2.45, 2.75) is 32.4 Å². The molecule has 0 aliphatic carbocycles. The maximum absolute atomic E-state index is 14.4. The lowest BCUT2D eigenvalue weighted by molar-refractivity contribution is -0.118. The van der Waals surface area contributed by atoms with E-state index in [4.69, 9.17) is 5.73 Å². The first-order chi connectivity index (χ1) is 9.32. The quantitative estimate of drug-likeness (QED) is 0.918. The highest BCUT2D eigenvalue weighted by molar-refractivity contribution is 6.00. The van der Waals surface area contributed by atoms with Crippen LogP contribution in [0.3, 0.4) is 0 Å². The van der Waals surface area contributed by atoms with Crippen LogP contribution in [0.25, 0.3) is 0 Å². The minimum atomic E-state index is -0.505. The van der Waals surface area contributed by atoms with Gasteiger partial charge in [0.2, 0.25) is 5.91 Å². The highest BCUT2D eigenvalue weighted by Crippen LogP contribution is 2.31. The van der Waals surface area contributed by atoms with Crippen molar-refractivity contribution in [3.8, 4) is 0 Å². The number of anilines is 1. The van der Waals surface area contributed by atoms with Crippen molar-refractivity contribution in [2.75, 3.05) is 25.5 Å². The van der Waals surface area contributed by atoms with Gasteiger partial charge in [-0.15, -0.1) is 0 Å². The van der Waals surface area contributed by atoms with Gasteiger partial charge in [-0.3, -0.25) is 4.79 Å². The molecule has 0 saturated carbocycles. The molecule has 5 heteroatoms. The summed E-state index contributed by atoms with van der Waals surface area (Å²) >= 11 is 0. The predicted molar refractivity (Wildman–Crippen MR) is 78.2 cm³/mol. The molecule has 2 atom stereocenters. The molecule has 1 fully saturated rings. The third-order valence-corrected chi connectivity index (χ3v) is 4.05. The summed E-state index contributed by atoms with van der Waals surface area (Å²) in [7, 11) is 3.91. The first kappa shape index (κ1) is 14.9. The van der Waals surface area contributed by atoms with Gasteiger partial charge in [0, 0.05) is 12.6 Å². The Morgan fingerprint density at radius 3 is 2.55 bits per heavy atom. The summed E-state index contributed by atoms with van der Waals surface area (Å²) < 4.78 is 14.4. The zero-order valence-corrected chi connectivity index (χ0v) is 12.5. The number of hydrogen-bond donors (Lipinski definition) is 1. The summed E-state index contributed by atoms with van der Waals surface area (Å²) in [5.41, 5.74) is 7.76. The molecule has 1 aromatic carbocycles. The van der Waals surface area contributed by atoms with Gasteiger partial charge in [-0.2, -0.15) is 0 Å². The smallest absolute Gasteiger partial charge is 0.244 e. The SMILES string of the molecule is Cc1cc(C(C)N(C)C)cc(F)c1N1CCC(N)C1=O. The molecule has 1 aliphatic heterocycles. The minimum Gasteiger partial charge on any atom is -0.320 e. The van der Waals surface area contributed by atoms with E-state index in [2.05, 4.69) is 0 Å². The molecule has 0 bridgehead atoms. The molecule has 1 amide bonds. The van der Waals surface area contributed by atoms with Gasteiger partial charge in [-0.25, -0.2) is 4.39 Å². The molecular weight excluding hydrogens is 257 g/mol. The van der Waals surface area contributed by atoms with Crippen molar-refractivity contribution in [1.29, 1.82) is 0 Å². The van der Waals surface area contributed by atoms with Crippen LogP contribution in [-0.4, -0.2) is 37.5 Å². The second kappa shape index (κ2) is 5.50. The number of carbonyl (C=O) groups excluding carboxylic acids is 1. The van der Waals surface area contributed by atoms with E-state index in [0.717, 1.165) is 11.1 Å². The van der Waals surface area contributed by atoms with Crippen LogP contribution in [0.1, 0.15) is 30.5 Å². The lowest BCUT2D eigenvalue weighted by Crippen LogP contribution is -2.34. The molecule has 2 unspecified atom stereocenters. The summed E-state index contributed by atoms with van der Waals surface area (Å²) in [6.07, 6.45) is 0.577. The normalized spacial score (nSPS) is 20.9. The average molecular weight is 279 g/mol. The van der Waals surface area contributed by atoms with E-state index in [1.54, 1.807) is 0 Å². The fourth-order valence-corrected chi connectivity index (χ4v) is 2.57. The van der Waals surface area contributed by atoms with Gasteiger partial charge in [-0.05, 0) is 51.6 Å². The van der Waals surface area contributed by atoms with E-state index < -0.39 is 6.04 Å². The molecule has 2 N–H and O–H groups in total. The molecule has 20 heavy (non-hydrogen) atoms. The van der Waals surface area contributed by atoms with Gasteiger partial charge in [0.15, 0.2) is 0 Å². The fraction of sp³-hybridized carbons (Fsp3) is 0.533. The first-order valence-electron chi connectivity index (χ1n) is 6.86. The van der Waals surface area contributed by atoms with Crippen LogP contribution >= 0.6 is 0 Å². The second-order valence-electron chi connectivity index (χ2n) is 5.69. The standard InChI is InChI=1S/C15H22FN3O/c1-9-7-11(10(2)18(3)4)8-12(16)14(9)19-6-5-13(17)15(19)20/h7-8,10,13H,5-6,17H2,1-4H3. The highest BCUT2D eigenvalue weighted by Gasteiger charge is 2.32. The van der Waals surface area contributed by atoms with Gasteiger partial charge in [0.1, 0.15) is 5.82 Å². The van der Waals surface area contributed by atoms with Gasteiger partial charge in [-0.1, -0.05) is 6.07 Å². The summed E-state index contributed by atoms with van der Waals surface area (Å²) in [5.74, 6) is -0.545. The number of amides is 1. The van der Waals surface area contributed by atoms with Gasteiger partial charge in [0.25, 0.3) is 0 Å². The number of aryl methyl sites for hydroxylation is 1. The summed E-state index contributed by atoms with van der Waals surface area (Å²) in [5, 5.41) is 0. The Morgan fingerprint density at radius 2 is 2.10 bits per heavy atom. The molecule has 0 spiro atoms. The third kappa shape index (κ3) is 2.55. The molecule has 1 heterocycles. The van der Waals surface area contributed by atoms with Crippen LogP contribution < -0.4 is 10.6 Å². The Hall–Kier alpha value is -1.46. The van der Waals surface area contributed by atoms with E-state index in [1.165, 1.54) is 11.0 Å². The Labute approximate surface area is 119 Å². The predicted octanol–water partition coefficient (Wildman–Crippen LogP) is 1.82. The van der Waals surface area contributed by atoms with Crippen LogP contribution in [0, 0.1) is 12.7 Å². The molecule has 0 aromatic heterocycles. The van der Waals surface area contributed by atoms with E-state index in [0.29, 0.717) is 18.7 Å². The number of halogens is 1. The molecule has 1 aliphatic rings. The van der Waals surface area contributed by atoms with Crippen molar-refractivity contribution < 1.29 is 9.18 Å². The molecule has 2 rings (SSSR count). The summed E-state index contributed by atoms with van der Waals surface area (Å²) in [4.78, 5) is 15.5. The largest absolute Gasteiger partial charge is 0.320 e. The monoisotopic (exact) mass is 279 g/mol. The molecule has 110 valence electrons. The number of benzene rings is 1. The third-order valence-electron chi connectivity index (χ3n) is 4.05. The lowest BCUT2D eigenvalue weighted by atomic mass is 10.0. The lowest BCUT2D eigenvalue weighted by Gasteiger charge is -2.24. The minimum absolute atomic E-state index is 0.119. The Kier molecular flexibility index (Phi) is 4.11. The topological polar surface area (TPSA) is 49.6 Å². The number of hydrogen-bond acceptors (Lipinski definition) is 3. The molecule has 1 saturated heterocycles. The van der Waals surface area contributed by atoms with Crippen molar-refractivity contribution in [3.05, 3.63) is 29.1 Å². The van der Waals surface area contributed by atoms with Gasteiger partial charge < -0.3 is 15.5 Å². The molecule has 0 radical (unpaired) electrons. The second-order valence-corrected chi connectivity index (χ2v) is 5.69. The number of nitrogens with two attached hydrogens (primary N) is 1. The van der Waals surface area contributed by atoms with Crippen LogP contribution in [-0.2, 0) is 4.79 Å². The zero-order valence-electron chi connectivity index (χ0n) is 12.5. The number of nitrogens with zero attached hydrogens (tertiary/aromatic N) is 2. The number of carbonyl (C=O) groups is 1. The van der Waals surface area contributed by atoms with Crippen LogP contribution in [0.4, 0.5) is 10.1 Å². The average Bonchev–Trinajstić information content (AvgIpc) is 2.69. The zero-order chi connectivity index (χ0) is 15.0. The van der Waals surface area contributed by atoms with Gasteiger partial charge in [0.05, 0.1) is 11.7 Å². The van der Waals surface area contributed by atoms with E-state index in [9.17, 15) is 9.18 Å². The first-order valence-corrected chi connectivity index (χ1v) is 6.86. The maximum Gasteiger partial charge on any atom is 0.244 e. The maximum atomic E-state index is 14.4. The van der Waals surface area contributed by atoms with Crippen LogP contribution in [0.2, 0.25) is 0 Å². The molecule has 1 aromatic rings. The Bertz CT molecular complexity index is 507. The Morgan fingerprint density at radius 1 is 1.45 bits per heavy atom. The summed E-state index contributed by atoms with van der Waals surface area (Å²) in [6.45, 7) is 4.34. The van der Waals surface area contributed by atoms with Crippen molar-refractivity contribution in [1.82, 2.24) is 4.90 Å². The van der Waals surface area contributed by atoms with Gasteiger partial charge >= 0.3 is 0 Å². The number of rotatable bonds is 3. The van der Waals surface area contributed by atoms with Crippen molar-refractivity contribution in [3.63, 3.8) is 0 Å². The van der Waals surface area contributed by atoms with E-state index >= 15 is 0 Å². The van der Waals surface area contributed by atoms with Crippen LogP contribution in [0.15, 0.2) is 12.1 Å².